The molecule has 11 nitrogen and oxygen atoms in total. The third-order valence-electron chi connectivity index (χ3n) is 4.50. The molecule has 3 N–H and O–H groups in total. The maximum Gasteiger partial charge on any atom is 0.418 e. The predicted octanol–water partition coefficient (Wildman–Crippen LogP) is 0.316. The van der Waals surface area contributed by atoms with Gasteiger partial charge in [0.1, 0.15) is 6.04 Å². The lowest BCUT2D eigenvalue weighted by atomic mass is 9.96. The molecule has 2 aliphatic heterocycles. The van der Waals surface area contributed by atoms with Crippen LogP contribution in [0.2, 0.25) is 0 Å². The number of carbonyl (C=O) groups is 2. The van der Waals surface area contributed by atoms with Crippen LogP contribution in [-0.2, 0) is 19.5 Å². The molecule has 2 atom stereocenters. The molecule has 4 rings (SSSR count). The molecule has 3 heterocycles. The van der Waals surface area contributed by atoms with Gasteiger partial charge in [0.2, 0.25) is 5.91 Å². The number of hydrogen-bond donors (Lipinski definition) is 2. The van der Waals surface area contributed by atoms with Gasteiger partial charge in [-0.1, -0.05) is 18.2 Å². The lowest BCUT2D eigenvalue weighted by Gasteiger charge is -2.28. The first kappa shape index (κ1) is 17.5. The molecule has 1 saturated heterocycles. The van der Waals surface area contributed by atoms with E-state index in [-0.39, 0.29) is 13.0 Å². The second kappa shape index (κ2) is 6.04. The monoisotopic (exact) mass is 393 g/mol. The Balaban J connectivity index is 1.81. The summed E-state index contributed by atoms with van der Waals surface area (Å²) in [5.41, 5.74) is 6.99. The van der Waals surface area contributed by atoms with E-state index in [4.69, 9.17) is 10.3 Å². The Morgan fingerprint density at radius 3 is 2.67 bits per heavy atom. The standard InChI is InChI=1S/C15H15N5O6S/c16-13(21)6-11-14-10(7-19(17-14)9-4-2-1-3-5-9)12-8-18(11)15(22)20(12)26-27(23,24)25/h1-5,7,11-12H,6,8H2,(H2,16,21)(H,23,24,25)/t11-,12-/m1/s1. The molecule has 0 saturated carbocycles. The van der Waals surface area contributed by atoms with E-state index >= 15 is 0 Å². The third kappa shape index (κ3) is 3.03. The van der Waals surface area contributed by atoms with Crippen molar-refractivity contribution < 1.29 is 26.8 Å². The molecule has 0 spiro atoms. The molecule has 12 heteroatoms. The van der Waals surface area contributed by atoms with Gasteiger partial charge in [-0.25, -0.2) is 9.48 Å². The summed E-state index contributed by atoms with van der Waals surface area (Å²) >= 11 is 0. The zero-order valence-electron chi connectivity index (χ0n) is 13.8. The van der Waals surface area contributed by atoms with Gasteiger partial charge in [-0.05, 0) is 12.1 Å². The van der Waals surface area contributed by atoms with Gasteiger partial charge in [0.25, 0.3) is 0 Å². The van der Waals surface area contributed by atoms with E-state index in [9.17, 15) is 18.0 Å². The van der Waals surface area contributed by atoms with Gasteiger partial charge in [-0.2, -0.15) is 18.6 Å². The van der Waals surface area contributed by atoms with Gasteiger partial charge in [0.15, 0.2) is 0 Å². The number of hydroxylamine groups is 2. The minimum absolute atomic E-state index is 0.0692. The number of hydrogen-bond acceptors (Lipinski definition) is 6. The van der Waals surface area contributed by atoms with Crippen molar-refractivity contribution in [2.45, 2.75) is 18.5 Å². The molecule has 27 heavy (non-hydrogen) atoms. The Hall–Kier alpha value is -2.96. The number of primary amides is 1. The molecule has 3 amide bonds. The highest BCUT2D eigenvalue weighted by molar-refractivity contribution is 7.80. The minimum Gasteiger partial charge on any atom is -0.370 e. The van der Waals surface area contributed by atoms with Crippen LogP contribution in [0, 0.1) is 0 Å². The number of nitrogens with zero attached hydrogens (tertiary/aromatic N) is 4. The van der Waals surface area contributed by atoms with Crippen LogP contribution in [0.1, 0.15) is 29.8 Å². The second-order valence-electron chi connectivity index (χ2n) is 6.21. The zero-order valence-corrected chi connectivity index (χ0v) is 14.6. The molecule has 0 radical (unpaired) electrons. The van der Waals surface area contributed by atoms with Gasteiger partial charge < -0.3 is 10.6 Å². The number of fused-ring (bicyclic) bond motifs is 4. The number of para-hydroxylation sites is 1. The average Bonchev–Trinajstić information content (AvgIpc) is 3.14. The lowest BCUT2D eigenvalue weighted by Crippen LogP contribution is -2.37. The zero-order chi connectivity index (χ0) is 19.3. The van der Waals surface area contributed by atoms with Gasteiger partial charge in [-0.15, -0.1) is 4.28 Å². The van der Waals surface area contributed by atoms with E-state index < -0.39 is 34.4 Å². The Kier molecular flexibility index (Phi) is 3.91. The summed E-state index contributed by atoms with van der Waals surface area (Å²) in [6.07, 6.45) is 1.45. The maximum absolute atomic E-state index is 12.5. The van der Waals surface area contributed by atoms with E-state index in [1.54, 1.807) is 10.9 Å². The van der Waals surface area contributed by atoms with Crippen LogP contribution in [-0.4, -0.2) is 51.2 Å². The molecule has 0 unspecified atom stereocenters. The Morgan fingerprint density at radius 1 is 1.33 bits per heavy atom. The number of carbonyl (C=O) groups excluding carboxylic acids is 2. The first-order valence-electron chi connectivity index (χ1n) is 7.94. The number of aromatic nitrogens is 2. The van der Waals surface area contributed by atoms with Gasteiger partial charge >= 0.3 is 16.4 Å². The lowest BCUT2D eigenvalue weighted by molar-refractivity contribution is -0.119. The fraction of sp³-hybridized carbons (Fsp3) is 0.267. The van der Waals surface area contributed by atoms with Crippen molar-refractivity contribution >= 4 is 22.3 Å². The van der Waals surface area contributed by atoms with E-state index in [0.717, 1.165) is 5.69 Å². The molecule has 2 bridgehead atoms. The topological polar surface area (TPSA) is 148 Å². The van der Waals surface area contributed by atoms with Crippen LogP contribution in [0.3, 0.4) is 0 Å². The molecule has 142 valence electrons. The van der Waals surface area contributed by atoms with E-state index in [2.05, 4.69) is 9.38 Å². The predicted molar refractivity (Wildman–Crippen MR) is 89.4 cm³/mol. The van der Waals surface area contributed by atoms with E-state index in [1.165, 1.54) is 4.90 Å². The molecule has 0 aliphatic carbocycles. The van der Waals surface area contributed by atoms with Crippen molar-refractivity contribution in [3.8, 4) is 5.69 Å². The van der Waals surface area contributed by atoms with Crippen LogP contribution in [0.4, 0.5) is 4.79 Å². The number of urea groups is 1. The molecule has 2 aromatic rings. The maximum atomic E-state index is 12.5. The third-order valence-corrected chi connectivity index (χ3v) is 4.85. The summed E-state index contributed by atoms with van der Waals surface area (Å²) in [5.74, 6) is -0.638. The minimum atomic E-state index is -4.91. The second-order valence-corrected chi connectivity index (χ2v) is 7.22. The molecule has 1 aromatic carbocycles. The summed E-state index contributed by atoms with van der Waals surface area (Å²) in [6, 6.07) is 6.75. The molecular formula is C15H15N5O6S. The van der Waals surface area contributed by atoms with Crippen LogP contribution in [0.15, 0.2) is 36.5 Å². The van der Waals surface area contributed by atoms with Crippen molar-refractivity contribution in [3.63, 3.8) is 0 Å². The number of benzene rings is 1. The largest absolute Gasteiger partial charge is 0.418 e. The van der Waals surface area contributed by atoms with Crippen LogP contribution in [0.5, 0.6) is 0 Å². The Labute approximate surface area is 153 Å². The van der Waals surface area contributed by atoms with Crippen molar-refractivity contribution in [2.24, 2.45) is 5.73 Å². The van der Waals surface area contributed by atoms with E-state index in [1.807, 2.05) is 30.3 Å². The summed E-state index contributed by atoms with van der Waals surface area (Å²) in [5, 5.41) is 5.06. The van der Waals surface area contributed by atoms with Crippen molar-refractivity contribution in [2.75, 3.05) is 6.54 Å². The first-order chi connectivity index (χ1) is 12.7. The van der Waals surface area contributed by atoms with Gasteiger partial charge in [0.05, 0.1) is 30.4 Å². The van der Waals surface area contributed by atoms with Crippen molar-refractivity contribution in [3.05, 3.63) is 47.8 Å². The van der Waals surface area contributed by atoms with Crippen LogP contribution >= 0.6 is 0 Å². The quantitative estimate of drug-likeness (QED) is 0.695. The molecule has 2 aliphatic rings. The number of amides is 3. The number of rotatable bonds is 5. The molecular weight excluding hydrogens is 378 g/mol. The highest BCUT2D eigenvalue weighted by Gasteiger charge is 2.51. The van der Waals surface area contributed by atoms with Crippen LogP contribution < -0.4 is 5.73 Å². The Bertz CT molecular complexity index is 1020. The highest BCUT2D eigenvalue weighted by atomic mass is 32.3. The van der Waals surface area contributed by atoms with Crippen molar-refractivity contribution in [1.29, 1.82) is 0 Å². The normalized spacial score (nSPS) is 21.4. The fourth-order valence-electron chi connectivity index (χ4n) is 3.44. The number of nitrogens with two attached hydrogens (primary N) is 1. The van der Waals surface area contributed by atoms with Gasteiger partial charge in [0, 0.05) is 11.8 Å². The van der Waals surface area contributed by atoms with Crippen molar-refractivity contribution in [1.82, 2.24) is 19.7 Å². The summed E-state index contributed by atoms with van der Waals surface area (Å²) < 4.78 is 37.3. The highest BCUT2D eigenvalue weighted by Crippen LogP contribution is 2.45. The SMILES string of the molecule is NC(=O)C[C@@H]1c2nn(-c3ccccc3)cc2[C@H]2CN1C(=O)N2OS(=O)(=O)O. The average molecular weight is 393 g/mol. The van der Waals surface area contributed by atoms with Gasteiger partial charge in [-0.3, -0.25) is 9.35 Å². The smallest absolute Gasteiger partial charge is 0.370 e. The Morgan fingerprint density at radius 2 is 2.04 bits per heavy atom. The molecule has 1 fully saturated rings. The summed E-state index contributed by atoms with van der Waals surface area (Å²) in [7, 11) is -4.91. The van der Waals surface area contributed by atoms with Crippen LogP contribution in [0.25, 0.3) is 5.69 Å². The molecule has 1 aromatic heterocycles. The fourth-order valence-corrected chi connectivity index (χ4v) is 3.81. The summed E-state index contributed by atoms with van der Waals surface area (Å²) in [4.78, 5) is 25.3. The van der Waals surface area contributed by atoms with E-state index in [0.29, 0.717) is 16.3 Å². The summed E-state index contributed by atoms with van der Waals surface area (Å²) in [6.45, 7) is 0.0692. The first-order valence-corrected chi connectivity index (χ1v) is 9.31.